The van der Waals surface area contributed by atoms with Crippen molar-refractivity contribution >= 4 is 23.3 Å². The molecule has 0 atom stereocenters. The van der Waals surface area contributed by atoms with Gasteiger partial charge < -0.3 is 14.4 Å². The Labute approximate surface area is 182 Å². The number of carbonyl (C=O) groups is 1. The van der Waals surface area contributed by atoms with Crippen LogP contribution in [0.1, 0.15) is 20.9 Å². The maximum absolute atomic E-state index is 13.1. The Balaban J connectivity index is 1.77. The number of carbonyl (C=O) groups excluding carboxylic acids is 1. The lowest BCUT2D eigenvalue weighted by Crippen LogP contribution is -2.30. The first-order valence-electron chi connectivity index (χ1n) is 9.87. The van der Waals surface area contributed by atoms with E-state index in [-0.39, 0.29) is 5.91 Å². The van der Waals surface area contributed by atoms with E-state index in [0.717, 1.165) is 17.7 Å². The molecular weight excluding hydrogens is 394 g/mol. The van der Waals surface area contributed by atoms with Gasteiger partial charge in [-0.05, 0) is 55.3 Å². The van der Waals surface area contributed by atoms with Gasteiger partial charge in [0.1, 0.15) is 11.5 Å². The first-order chi connectivity index (χ1) is 14.6. The van der Waals surface area contributed by atoms with Crippen LogP contribution in [-0.4, -0.2) is 31.6 Å². The Bertz CT molecular complexity index is 995. The van der Waals surface area contributed by atoms with Crippen LogP contribution in [0.15, 0.2) is 66.7 Å². The Morgan fingerprint density at radius 2 is 1.83 bits per heavy atom. The molecule has 30 heavy (non-hydrogen) atoms. The van der Waals surface area contributed by atoms with Crippen LogP contribution in [0.4, 0.5) is 0 Å². The zero-order valence-electron chi connectivity index (χ0n) is 17.6. The summed E-state index contributed by atoms with van der Waals surface area (Å²) in [5, 5.41) is 0. The second-order valence-electron chi connectivity index (χ2n) is 6.95. The summed E-state index contributed by atoms with van der Waals surface area (Å²) in [7, 11) is 3.24. The van der Waals surface area contributed by atoms with Crippen LogP contribution in [0.2, 0.25) is 0 Å². The number of hydrogen-bond donors (Lipinski definition) is 0. The highest BCUT2D eigenvalue weighted by Gasteiger charge is 2.13. The van der Waals surface area contributed by atoms with E-state index in [4.69, 9.17) is 9.47 Å². The van der Waals surface area contributed by atoms with Gasteiger partial charge >= 0.3 is 0 Å². The van der Waals surface area contributed by atoms with Crippen molar-refractivity contribution in [2.45, 2.75) is 19.9 Å². The second kappa shape index (κ2) is 10.6. The van der Waals surface area contributed by atoms with Crippen LogP contribution >= 0.6 is 11.3 Å². The summed E-state index contributed by atoms with van der Waals surface area (Å²) >= 11 is 1.73. The van der Waals surface area contributed by atoms with Crippen LogP contribution in [0.25, 0.3) is 6.08 Å². The van der Waals surface area contributed by atoms with E-state index < -0.39 is 0 Å². The summed E-state index contributed by atoms with van der Waals surface area (Å²) in [4.78, 5) is 17.4. The highest BCUT2D eigenvalue weighted by Crippen LogP contribution is 2.25. The zero-order valence-corrected chi connectivity index (χ0v) is 18.4. The van der Waals surface area contributed by atoms with Crippen molar-refractivity contribution in [3.8, 4) is 11.5 Å². The molecule has 1 heterocycles. The van der Waals surface area contributed by atoms with Crippen LogP contribution in [0.5, 0.6) is 11.5 Å². The van der Waals surface area contributed by atoms with Crippen LogP contribution in [-0.2, 0) is 17.8 Å². The highest BCUT2D eigenvalue weighted by atomic mass is 32.1. The number of thiophene rings is 1. The third-order valence-corrected chi connectivity index (χ3v) is 5.80. The highest BCUT2D eigenvalue weighted by molar-refractivity contribution is 7.11. The Morgan fingerprint density at radius 3 is 2.50 bits per heavy atom. The van der Waals surface area contributed by atoms with Crippen molar-refractivity contribution in [3.63, 3.8) is 0 Å². The second-order valence-corrected chi connectivity index (χ2v) is 8.32. The maximum atomic E-state index is 13.1. The third-order valence-electron chi connectivity index (χ3n) is 4.81. The molecule has 1 amide bonds. The van der Waals surface area contributed by atoms with E-state index in [0.29, 0.717) is 18.8 Å². The quantitative estimate of drug-likeness (QED) is 0.437. The summed E-state index contributed by atoms with van der Waals surface area (Å²) in [6, 6.07) is 20.0. The lowest BCUT2D eigenvalue weighted by atomic mass is 10.1. The number of hydrogen-bond acceptors (Lipinski definition) is 4. The minimum atomic E-state index is -0.0261. The average molecular weight is 422 g/mol. The van der Waals surface area contributed by atoms with Crippen molar-refractivity contribution in [1.29, 1.82) is 0 Å². The van der Waals surface area contributed by atoms with Gasteiger partial charge in [-0.1, -0.05) is 30.3 Å². The Hall–Kier alpha value is -3.05. The summed E-state index contributed by atoms with van der Waals surface area (Å²) in [6.45, 7) is 3.34. The minimum absolute atomic E-state index is 0.0261. The van der Waals surface area contributed by atoms with Gasteiger partial charge in [0.15, 0.2) is 0 Å². The van der Waals surface area contributed by atoms with E-state index in [1.165, 1.54) is 15.3 Å². The van der Waals surface area contributed by atoms with Crippen molar-refractivity contribution in [2.24, 2.45) is 0 Å². The summed E-state index contributed by atoms with van der Waals surface area (Å²) in [6.07, 6.45) is 4.22. The molecule has 0 N–H and O–H groups in total. The molecule has 3 rings (SSSR count). The fourth-order valence-electron chi connectivity index (χ4n) is 3.17. The normalized spacial score (nSPS) is 10.9. The first kappa shape index (κ1) is 21.7. The molecule has 0 aliphatic carbocycles. The molecular formula is C25H27NO3S. The predicted molar refractivity (Wildman–Crippen MR) is 123 cm³/mol. The monoisotopic (exact) mass is 421 g/mol. The molecule has 0 aliphatic rings. The molecule has 0 radical (unpaired) electrons. The topological polar surface area (TPSA) is 38.8 Å². The lowest BCUT2D eigenvalue weighted by Gasteiger charge is -2.21. The molecule has 1 aromatic heterocycles. The molecule has 0 spiro atoms. The first-order valence-corrected chi connectivity index (χ1v) is 10.7. The molecule has 0 fully saturated rings. The molecule has 4 nitrogen and oxygen atoms in total. The van der Waals surface area contributed by atoms with Crippen molar-refractivity contribution < 1.29 is 14.3 Å². The van der Waals surface area contributed by atoms with Gasteiger partial charge in [0.2, 0.25) is 5.91 Å². The summed E-state index contributed by atoms with van der Waals surface area (Å²) < 4.78 is 10.7. The Morgan fingerprint density at radius 1 is 1.03 bits per heavy atom. The number of benzene rings is 2. The number of aryl methyl sites for hydroxylation is 1. The molecule has 0 bridgehead atoms. The average Bonchev–Trinajstić information content (AvgIpc) is 3.19. The number of rotatable bonds is 9. The van der Waals surface area contributed by atoms with E-state index in [1.807, 2.05) is 41.3 Å². The third kappa shape index (κ3) is 5.97. The van der Waals surface area contributed by atoms with Gasteiger partial charge in [0.05, 0.1) is 20.8 Å². The zero-order chi connectivity index (χ0) is 21.3. The van der Waals surface area contributed by atoms with Crippen molar-refractivity contribution in [1.82, 2.24) is 4.90 Å². The SMILES string of the molecule is COc1ccc(OC)c(/C=C/C(=O)N(CCc2ccccc2)Cc2ccc(C)s2)c1. The van der Waals surface area contributed by atoms with E-state index in [1.54, 1.807) is 37.7 Å². The van der Waals surface area contributed by atoms with E-state index >= 15 is 0 Å². The van der Waals surface area contributed by atoms with Gasteiger partial charge in [-0.2, -0.15) is 0 Å². The molecule has 0 saturated carbocycles. The minimum Gasteiger partial charge on any atom is -0.497 e. The molecule has 2 aromatic carbocycles. The maximum Gasteiger partial charge on any atom is 0.246 e. The van der Waals surface area contributed by atoms with E-state index in [9.17, 15) is 4.79 Å². The summed E-state index contributed by atoms with van der Waals surface area (Å²) in [5.74, 6) is 1.39. The lowest BCUT2D eigenvalue weighted by molar-refractivity contribution is -0.126. The molecule has 3 aromatic rings. The largest absolute Gasteiger partial charge is 0.497 e. The standard InChI is InChI=1S/C25H27NO3S/c1-19-9-12-23(30-19)18-26(16-15-20-7-5-4-6-8-20)25(27)14-10-21-17-22(28-2)11-13-24(21)29-3/h4-14,17H,15-16,18H2,1-3H3/b14-10+. The van der Waals surface area contributed by atoms with Gasteiger partial charge in [0, 0.05) is 27.9 Å². The smallest absolute Gasteiger partial charge is 0.246 e. The Kier molecular flexibility index (Phi) is 7.69. The molecule has 0 unspecified atom stereocenters. The number of methoxy groups -OCH3 is 2. The van der Waals surface area contributed by atoms with Crippen LogP contribution in [0, 0.1) is 6.92 Å². The molecule has 5 heteroatoms. The predicted octanol–water partition coefficient (Wildman–Crippen LogP) is 5.36. The molecule has 0 aliphatic heterocycles. The van der Waals surface area contributed by atoms with Gasteiger partial charge in [-0.15, -0.1) is 11.3 Å². The summed E-state index contributed by atoms with van der Waals surface area (Å²) in [5.41, 5.74) is 2.02. The molecule has 156 valence electrons. The van der Waals surface area contributed by atoms with Crippen LogP contribution < -0.4 is 9.47 Å². The number of ether oxygens (including phenoxy) is 2. The van der Waals surface area contributed by atoms with Gasteiger partial charge in [-0.25, -0.2) is 0 Å². The van der Waals surface area contributed by atoms with E-state index in [2.05, 4.69) is 31.2 Å². The van der Waals surface area contributed by atoms with Crippen molar-refractivity contribution in [2.75, 3.05) is 20.8 Å². The van der Waals surface area contributed by atoms with Crippen LogP contribution in [0.3, 0.4) is 0 Å². The van der Waals surface area contributed by atoms with Crippen molar-refractivity contribution in [3.05, 3.63) is 87.6 Å². The fraction of sp³-hybridized carbons (Fsp3) is 0.240. The van der Waals surface area contributed by atoms with Gasteiger partial charge in [0.25, 0.3) is 0 Å². The number of nitrogens with zero attached hydrogens (tertiary/aromatic N) is 1. The number of amides is 1. The van der Waals surface area contributed by atoms with Gasteiger partial charge in [-0.3, -0.25) is 4.79 Å². The fourth-order valence-corrected chi connectivity index (χ4v) is 4.08. The molecule has 0 saturated heterocycles.